The number of rotatable bonds is 5. The van der Waals surface area contributed by atoms with Crippen LogP contribution in [0.2, 0.25) is 0 Å². The first-order valence-electron chi connectivity index (χ1n) is 7.18. The Balaban J connectivity index is 2.60. The van der Waals surface area contributed by atoms with Crippen LogP contribution in [0.4, 0.5) is 0 Å². The second-order valence-electron chi connectivity index (χ2n) is 5.40. The molecule has 106 valence electrons. The molecule has 0 aromatic rings. The lowest BCUT2D eigenvalue weighted by molar-refractivity contribution is -0.148. The third kappa shape index (κ3) is 4.58. The van der Waals surface area contributed by atoms with Crippen LogP contribution in [-0.4, -0.2) is 49.7 Å². The maximum atomic E-state index is 11.9. The number of hydrogen-bond donors (Lipinski definition) is 1. The number of carbonyl (C=O) groups excluding carboxylic acids is 1. The number of methoxy groups -OCH3 is 1. The number of carbonyl (C=O) groups is 1. The minimum Gasteiger partial charge on any atom is -0.468 e. The first-order valence-corrected chi connectivity index (χ1v) is 7.18. The van der Waals surface area contributed by atoms with Crippen LogP contribution in [0.25, 0.3) is 0 Å². The molecule has 1 fully saturated rings. The monoisotopic (exact) mass is 256 g/mol. The fourth-order valence-electron chi connectivity index (χ4n) is 2.73. The van der Waals surface area contributed by atoms with Crippen LogP contribution in [0.1, 0.15) is 46.0 Å². The lowest BCUT2D eigenvalue weighted by Crippen LogP contribution is -2.57. The van der Waals surface area contributed by atoms with Crippen molar-refractivity contribution in [2.75, 3.05) is 33.3 Å². The minimum atomic E-state index is -0.581. The van der Waals surface area contributed by atoms with Gasteiger partial charge in [0, 0.05) is 6.54 Å². The van der Waals surface area contributed by atoms with Crippen molar-refractivity contribution in [1.82, 2.24) is 10.2 Å². The van der Waals surface area contributed by atoms with Gasteiger partial charge in [0.2, 0.25) is 0 Å². The highest BCUT2D eigenvalue weighted by Crippen LogP contribution is 2.15. The molecule has 0 bridgehead atoms. The van der Waals surface area contributed by atoms with Crippen molar-refractivity contribution in [1.29, 1.82) is 0 Å². The van der Waals surface area contributed by atoms with E-state index >= 15 is 0 Å². The van der Waals surface area contributed by atoms with Gasteiger partial charge in [-0.1, -0.05) is 26.2 Å². The van der Waals surface area contributed by atoms with Crippen molar-refractivity contribution >= 4 is 5.97 Å². The summed E-state index contributed by atoms with van der Waals surface area (Å²) in [6.07, 6.45) is 6.46. The van der Waals surface area contributed by atoms with Gasteiger partial charge in [0.1, 0.15) is 5.54 Å². The first kappa shape index (κ1) is 15.4. The third-order valence-electron chi connectivity index (χ3n) is 3.69. The third-order valence-corrected chi connectivity index (χ3v) is 3.69. The number of hydrogen-bond acceptors (Lipinski definition) is 4. The van der Waals surface area contributed by atoms with Gasteiger partial charge in [-0.3, -0.25) is 4.79 Å². The maximum Gasteiger partial charge on any atom is 0.327 e. The van der Waals surface area contributed by atoms with Crippen LogP contribution >= 0.6 is 0 Å². The van der Waals surface area contributed by atoms with Crippen LogP contribution in [0, 0.1) is 0 Å². The Morgan fingerprint density at radius 1 is 1.22 bits per heavy atom. The molecule has 1 atom stereocenters. The van der Waals surface area contributed by atoms with Gasteiger partial charge in [-0.15, -0.1) is 0 Å². The maximum absolute atomic E-state index is 11.9. The molecule has 18 heavy (non-hydrogen) atoms. The molecule has 1 N–H and O–H groups in total. The summed E-state index contributed by atoms with van der Waals surface area (Å²) in [5.41, 5.74) is -0.581. The molecule has 0 aromatic carbocycles. The Bertz CT molecular complexity index is 250. The number of likely N-dealkylation sites (tertiary alicyclic amines) is 1. The van der Waals surface area contributed by atoms with Gasteiger partial charge in [0.15, 0.2) is 0 Å². The second-order valence-corrected chi connectivity index (χ2v) is 5.40. The minimum absolute atomic E-state index is 0.161. The summed E-state index contributed by atoms with van der Waals surface area (Å²) in [5.74, 6) is -0.161. The Hall–Kier alpha value is -0.610. The summed E-state index contributed by atoms with van der Waals surface area (Å²) in [7, 11) is 1.46. The van der Waals surface area contributed by atoms with Crippen LogP contribution in [0.5, 0.6) is 0 Å². The fraction of sp³-hybridized carbons (Fsp3) is 0.929. The summed E-state index contributed by atoms with van der Waals surface area (Å²) < 4.78 is 4.94. The topological polar surface area (TPSA) is 41.6 Å². The molecular weight excluding hydrogens is 228 g/mol. The summed E-state index contributed by atoms with van der Waals surface area (Å²) in [5, 5.41) is 3.28. The molecule has 0 radical (unpaired) electrons. The molecule has 1 aliphatic heterocycles. The summed E-state index contributed by atoms with van der Waals surface area (Å²) in [6, 6.07) is 0. The molecule has 1 rings (SSSR count). The molecule has 0 spiro atoms. The van der Waals surface area contributed by atoms with Crippen molar-refractivity contribution < 1.29 is 9.53 Å². The van der Waals surface area contributed by atoms with Crippen LogP contribution in [0.15, 0.2) is 0 Å². The quantitative estimate of drug-likeness (QED) is 0.762. The van der Waals surface area contributed by atoms with Gasteiger partial charge in [0.25, 0.3) is 0 Å². The van der Waals surface area contributed by atoms with Gasteiger partial charge in [-0.05, 0) is 39.4 Å². The SMILES string of the molecule is CCNC(C)(CN1CCCCCCC1)C(=O)OC. The van der Waals surface area contributed by atoms with E-state index < -0.39 is 5.54 Å². The van der Waals surface area contributed by atoms with Gasteiger partial charge in [-0.25, -0.2) is 0 Å². The Morgan fingerprint density at radius 3 is 2.28 bits per heavy atom. The number of ether oxygens (including phenoxy) is 1. The molecule has 1 aliphatic rings. The Labute approximate surface area is 111 Å². The number of likely N-dealkylation sites (N-methyl/N-ethyl adjacent to an activating group) is 1. The highest BCUT2D eigenvalue weighted by molar-refractivity contribution is 5.80. The molecule has 0 aliphatic carbocycles. The molecule has 0 saturated carbocycles. The van der Waals surface area contributed by atoms with Gasteiger partial charge in [-0.2, -0.15) is 0 Å². The smallest absolute Gasteiger partial charge is 0.327 e. The van der Waals surface area contributed by atoms with Crippen LogP contribution < -0.4 is 5.32 Å². The van der Waals surface area contributed by atoms with Gasteiger partial charge in [0.05, 0.1) is 7.11 Å². The van der Waals surface area contributed by atoms with Crippen molar-refractivity contribution in [2.24, 2.45) is 0 Å². The van der Waals surface area contributed by atoms with Gasteiger partial charge >= 0.3 is 5.97 Å². The zero-order valence-corrected chi connectivity index (χ0v) is 12.1. The normalized spacial score (nSPS) is 21.7. The van der Waals surface area contributed by atoms with Crippen LogP contribution in [0.3, 0.4) is 0 Å². The zero-order chi connectivity index (χ0) is 13.4. The van der Waals surface area contributed by atoms with E-state index in [-0.39, 0.29) is 5.97 Å². The van der Waals surface area contributed by atoms with Crippen molar-refractivity contribution in [3.63, 3.8) is 0 Å². The zero-order valence-electron chi connectivity index (χ0n) is 12.1. The molecule has 4 nitrogen and oxygen atoms in total. The number of nitrogens with zero attached hydrogens (tertiary/aromatic N) is 1. The standard InChI is InChI=1S/C14H28N2O2/c1-4-15-14(2,13(17)18-3)12-16-10-8-6-5-7-9-11-16/h15H,4-12H2,1-3H3. The van der Waals surface area contributed by atoms with Crippen molar-refractivity contribution in [2.45, 2.75) is 51.5 Å². The molecular formula is C14H28N2O2. The highest BCUT2D eigenvalue weighted by atomic mass is 16.5. The number of nitrogens with one attached hydrogen (secondary N) is 1. The van der Waals surface area contributed by atoms with E-state index in [0.29, 0.717) is 0 Å². The Morgan fingerprint density at radius 2 is 1.78 bits per heavy atom. The average molecular weight is 256 g/mol. The lowest BCUT2D eigenvalue weighted by atomic mass is 10.00. The number of esters is 1. The van der Waals surface area contributed by atoms with E-state index in [1.54, 1.807) is 0 Å². The largest absolute Gasteiger partial charge is 0.468 e. The van der Waals surface area contributed by atoms with Gasteiger partial charge < -0.3 is 15.0 Å². The van der Waals surface area contributed by atoms with E-state index in [0.717, 1.165) is 26.2 Å². The van der Waals surface area contributed by atoms with E-state index in [4.69, 9.17) is 4.74 Å². The second kappa shape index (κ2) is 7.74. The first-order chi connectivity index (χ1) is 8.62. The molecule has 1 saturated heterocycles. The molecule has 0 amide bonds. The average Bonchev–Trinajstić information content (AvgIpc) is 2.32. The van der Waals surface area contributed by atoms with Crippen molar-refractivity contribution in [3.05, 3.63) is 0 Å². The van der Waals surface area contributed by atoms with E-state index in [9.17, 15) is 4.79 Å². The van der Waals surface area contributed by atoms with Crippen molar-refractivity contribution in [3.8, 4) is 0 Å². The highest BCUT2D eigenvalue weighted by Gasteiger charge is 2.35. The van der Waals surface area contributed by atoms with E-state index in [2.05, 4.69) is 10.2 Å². The fourth-order valence-corrected chi connectivity index (χ4v) is 2.73. The predicted octanol–water partition coefficient (Wildman–Crippen LogP) is 1.79. The summed E-state index contributed by atoms with van der Waals surface area (Å²) in [4.78, 5) is 14.3. The van der Waals surface area contributed by atoms with E-state index in [1.165, 1.54) is 39.2 Å². The lowest BCUT2D eigenvalue weighted by Gasteiger charge is -2.34. The predicted molar refractivity (Wildman–Crippen MR) is 73.6 cm³/mol. The molecule has 1 unspecified atom stereocenters. The van der Waals surface area contributed by atoms with Crippen LogP contribution in [-0.2, 0) is 9.53 Å². The summed E-state index contributed by atoms with van der Waals surface area (Å²) in [6.45, 7) is 7.68. The van der Waals surface area contributed by atoms with E-state index in [1.807, 2.05) is 13.8 Å². The Kier molecular flexibility index (Phi) is 6.65. The molecule has 1 heterocycles. The molecule has 4 heteroatoms. The molecule has 0 aromatic heterocycles. The summed E-state index contributed by atoms with van der Waals surface area (Å²) >= 11 is 0.